The Balaban J connectivity index is 2.12. The summed E-state index contributed by atoms with van der Waals surface area (Å²) in [7, 11) is 6.75. The lowest BCUT2D eigenvalue weighted by Crippen LogP contribution is -2.52. The van der Waals surface area contributed by atoms with Crippen LogP contribution >= 0.6 is 0 Å². The van der Waals surface area contributed by atoms with Crippen molar-refractivity contribution in [2.45, 2.75) is 12.6 Å². The van der Waals surface area contributed by atoms with E-state index in [0.717, 1.165) is 22.6 Å². The van der Waals surface area contributed by atoms with Gasteiger partial charge >= 0.3 is 0 Å². The zero-order valence-electron chi connectivity index (χ0n) is 18.2. The molecular formula is C24H27N3O4. The molecule has 0 aromatic heterocycles. The van der Waals surface area contributed by atoms with Gasteiger partial charge in [-0.05, 0) is 56.1 Å². The van der Waals surface area contributed by atoms with Crippen LogP contribution in [0.2, 0.25) is 0 Å². The fourth-order valence-electron chi connectivity index (χ4n) is 2.98. The highest BCUT2D eigenvalue weighted by Gasteiger charge is 2.32. The molecule has 0 aliphatic heterocycles. The van der Waals surface area contributed by atoms with E-state index in [0.29, 0.717) is 5.56 Å². The second-order valence-corrected chi connectivity index (χ2v) is 7.32. The van der Waals surface area contributed by atoms with Crippen LogP contribution in [0.1, 0.15) is 27.0 Å². The van der Waals surface area contributed by atoms with Gasteiger partial charge in [0.15, 0.2) is 11.8 Å². The number of Topliss-reactive ketones (excluding diaryl/α,β-unsaturated/α-hetero) is 1. The van der Waals surface area contributed by atoms with Crippen molar-refractivity contribution >= 4 is 17.6 Å². The van der Waals surface area contributed by atoms with E-state index < -0.39 is 30.2 Å². The molecule has 0 aliphatic rings. The van der Waals surface area contributed by atoms with Gasteiger partial charge in [0.05, 0.1) is 0 Å². The van der Waals surface area contributed by atoms with Gasteiger partial charge in [-0.2, -0.15) is 0 Å². The zero-order valence-corrected chi connectivity index (χ0v) is 18.2. The molecule has 0 saturated heterocycles. The number of aliphatic hydroxyl groups is 1. The summed E-state index contributed by atoms with van der Waals surface area (Å²) in [6.07, 6.45) is 0. The Morgan fingerprint density at radius 3 is 1.90 bits per heavy atom. The number of hydrogen-bond acceptors (Lipinski definition) is 5. The van der Waals surface area contributed by atoms with E-state index in [1.54, 1.807) is 24.3 Å². The molecule has 31 heavy (non-hydrogen) atoms. The van der Waals surface area contributed by atoms with Gasteiger partial charge in [0, 0.05) is 37.3 Å². The van der Waals surface area contributed by atoms with Crippen molar-refractivity contribution < 1.29 is 19.5 Å². The molecule has 2 aromatic rings. The zero-order chi connectivity index (χ0) is 23.0. The molecule has 7 nitrogen and oxygen atoms in total. The summed E-state index contributed by atoms with van der Waals surface area (Å²) in [5, 5.41) is 11.4. The number of amides is 2. The van der Waals surface area contributed by atoms with E-state index in [9.17, 15) is 14.4 Å². The molecule has 1 atom stereocenters. The number of nitrogens with zero attached hydrogens (tertiary/aromatic N) is 2. The number of likely N-dealkylation sites (N-methyl/N-ethyl adjacent to an activating group) is 2. The fourth-order valence-corrected chi connectivity index (χ4v) is 2.98. The Morgan fingerprint density at radius 1 is 0.935 bits per heavy atom. The highest BCUT2D eigenvalue weighted by molar-refractivity contribution is 6.10. The molecule has 0 saturated carbocycles. The molecule has 7 heteroatoms. The molecule has 0 heterocycles. The summed E-state index contributed by atoms with van der Waals surface area (Å²) < 4.78 is 0. The van der Waals surface area contributed by atoms with E-state index in [1.165, 1.54) is 19.7 Å². The van der Waals surface area contributed by atoms with Crippen molar-refractivity contribution in [2.24, 2.45) is 0 Å². The summed E-state index contributed by atoms with van der Waals surface area (Å²) in [4.78, 5) is 39.7. The lowest BCUT2D eigenvalue weighted by atomic mass is 10.1. The third-order valence-corrected chi connectivity index (χ3v) is 4.60. The van der Waals surface area contributed by atoms with Crippen LogP contribution < -0.4 is 5.32 Å². The van der Waals surface area contributed by atoms with Crippen LogP contribution in [0.4, 0.5) is 0 Å². The van der Waals surface area contributed by atoms with Crippen molar-refractivity contribution in [3.8, 4) is 11.8 Å². The first-order chi connectivity index (χ1) is 14.8. The normalized spacial score (nSPS) is 11.3. The smallest absolute Gasteiger partial charge is 0.254 e. The van der Waals surface area contributed by atoms with Crippen LogP contribution in [0.3, 0.4) is 0 Å². The molecule has 0 bridgehead atoms. The predicted octanol–water partition coefficient (Wildman–Crippen LogP) is 0.896. The minimum Gasteiger partial charge on any atom is -0.388 e. The first kappa shape index (κ1) is 23.8. The van der Waals surface area contributed by atoms with E-state index >= 15 is 0 Å². The average Bonchev–Trinajstić information content (AvgIpc) is 2.77. The Kier molecular flexibility index (Phi) is 8.50. The molecule has 2 amide bonds. The van der Waals surface area contributed by atoms with Crippen molar-refractivity contribution in [3.63, 3.8) is 0 Å². The van der Waals surface area contributed by atoms with E-state index in [-0.39, 0.29) is 0 Å². The molecule has 1 unspecified atom stereocenters. The lowest BCUT2D eigenvalue weighted by Gasteiger charge is -2.25. The van der Waals surface area contributed by atoms with Crippen molar-refractivity contribution in [1.29, 1.82) is 0 Å². The largest absolute Gasteiger partial charge is 0.388 e. The van der Waals surface area contributed by atoms with Gasteiger partial charge in [0.1, 0.15) is 6.61 Å². The Hall–Kier alpha value is -3.47. The number of nitrogens with one attached hydrogen (secondary N) is 1. The SMILES string of the molecule is CNC(=O)C(C(=O)CO)N(C)C(=O)c1ccc(C#Cc2ccc(CN(C)C)cc2)cc1. The monoisotopic (exact) mass is 421 g/mol. The first-order valence-corrected chi connectivity index (χ1v) is 9.75. The molecular weight excluding hydrogens is 394 g/mol. The van der Waals surface area contributed by atoms with Crippen LogP contribution in [0.25, 0.3) is 0 Å². The van der Waals surface area contributed by atoms with Crippen LogP contribution in [0, 0.1) is 11.8 Å². The van der Waals surface area contributed by atoms with Gasteiger partial charge in [-0.25, -0.2) is 0 Å². The van der Waals surface area contributed by atoms with Crippen LogP contribution in [-0.4, -0.2) is 73.3 Å². The second-order valence-electron chi connectivity index (χ2n) is 7.32. The van der Waals surface area contributed by atoms with Crippen LogP contribution in [0.15, 0.2) is 48.5 Å². The Bertz CT molecular complexity index is 970. The number of ketones is 1. The van der Waals surface area contributed by atoms with Gasteiger partial charge in [0.25, 0.3) is 5.91 Å². The maximum Gasteiger partial charge on any atom is 0.254 e. The van der Waals surface area contributed by atoms with Crippen molar-refractivity contribution in [1.82, 2.24) is 15.1 Å². The molecule has 2 rings (SSSR count). The minimum absolute atomic E-state index is 0.306. The maximum atomic E-state index is 12.7. The quantitative estimate of drug-likeness (QED) is 0.512. The number of aliphatic hydroxyl groups excluding tert-OH is 1. The highest BCUT2D eigenvalue weighted by atomic mass is 16.3. The highest BCUT2D eigenvalue weighted by Crippen LogP contribution is 2.11. The number of benzene rings is 2. The Morgan fingerprint density at radius 2 is 1.45 bits per heavy atom. The molecule has 2 N–H and O–H groups in total. The molecule has 0 radical (unpaired) electrons. The van der Waals surface area contributed by atoms with Gasteiger partial charge in [0.2, 0.25) is 5.91 Å². The van der Waals surface area contributed by atoms with Crippen LogP contribution in [-0.2, 0) is 16.1 Å². The standard InChI is InChI=1S/C24H27N3O4/c1-25-23(30)22(21(29)16-28)27(4)24(31)20-13-11-18(12-14-20)6-5-17-7-9-19(10-8-17)15-26(2)3/h7-14,22,28H,15-16H2,1-4H3,(H,25,30). The maximum absolute atomic E-state index is 12.7. The molecule has 162 valence electrons. The number of carbonyl (C=O) groups is 3. The first-order valence-electron chi connectivity index (χ1n) is 9.75. The third-order valence-electron chi connectivity index (χ3n) is 4.60. The number of carbonyl (C=O) groups excluding carboxylic acids is 3. The summed E-state index contributed by atoms with van der Waals surface area (Å²) in [5.41, 5.74) is 3.13. The summed E-state index contributed by atoms with van der Waals surface area (Å²) in [6.45, 7) is 0.0304. The average molecular weight is 421 g/mol. The van der Waals surface area contributed by atoms with E-state index in [4.69, 9.17) is 5.11 Å². The molecule has 0 aliphatic carbocycles. The lowest BCUT2D eigenvalue weighted by molar-refractivity contribution is -0.135. The van der Waals surface area contributed by atoms with Crippen molar-refractivity contribution in [2.75, 3.05) is 34.8 Å². The van der Waals surface area contributed by atoms with E-state index in [1.807, 2.05) is 38.4 Å². The summed E-state index contributed by atoms with van der Waals surface area (Å²) >= 11 is 0. The second kappa shape index (κ2) is 11.1. The number of hydrogen-bond donors (Lipinski definition) is 2. The van der Waals surface area contributed by atoms with Gasteiger partial charge < -0.3 is 20.2 Å². The third kappa shape index (κ3) is 6.51. The molecule has 0 fully saturated rings. The number of rotatable bonds is 7. The Labute approximate surface area is 182 Å². The van der Waals surface area contributed by atoms with E-state index in [2.05, 4.69) is 22.1 Å². The molecule has 0 spiro atoms. The van der Waals surface area contributed by atoms with Gasteiger partial charge in [-0.1, -0.05) is 24.0 Å². The summed E-state index contributed by atoms with van der Waals surface area (Å²) in [6, 6.07) is 13.2. The van der Waals surface area contributed by atoms with Crippen LogP contribution in [0.5, 0.6) is 0 Å². The topological polar surface area (TPSA) is 90.0 Å². The van der Waals surface area contributed by atoms with Crippen molar-refractivity contribution in [3.05, 3.63) is 70.8 Å². The molecule has 2 aromatic carbocycles. The predicted molar refractivity (Wildman–Crippen MR) is 118 cm³/mol. The summed E-state index contributed by atoms with van der Waals surface area (Å²) in [5.74, 6) is 4.23. The fraction of sp³-hybridized carbons (Fsp3) is 0.292. The van der Waals surface area contributed by atoms with Gasteiger partial charge in [-0.15, -0.1) is 0 Å². The minimum atomic E-state index is -1.39. The van der Waals surface area contributed by atoms with Gasteiger partial charge in [-0.3, -0.25) is 14.4 Å².